The number of nitrogens with zero attached hydrogens (tertiary/aromatic N) is 1. The Bertz CT molecular complexity index is 616. The molecule has 0 aliphatic carbocycles. The van der Waals surface area contributed by atoms with Crippen LogP contribution in [-0.4, -0.2) is 0 Å². The molecule has 92 valence electrons. The Morgan fingerprint density at radius 2 is 2.22 bits per heavy atom. The van der Waals surface area contributed by atoms with Crippen molar-refractivity contribution >= 4 is 33.0 Å². The van der Waals surface area contributed by atoms with Gasteiger partial charge in [-0.1, -0.05) is 0 Å². The number of halogens is 2. The number of thiophene rings is 1. The van der Waals surface area contributed by atoms with E-state index in [1.54, 1.807) is 24.3 Å². The van der Waals surface area contributed by atoms with Gasteiger partial charge in [0.15, 0.2) is 0 Å². The maximum absolute atomic E-state index is 13.6. The van der Waals surface area contributed by atoms with E-state index in [-0.39, 0.29) is 5.82 Å². The van der Waals surface area contributed by atoms with E-state index >= 15 is 0 Å². The van der Waals surface area contributed by atoms with E-state index in [2.05, 4.69) is 21.2 Å². The molecular weight excluding hydrogens is 315 g/mol. The molecule has 0 unspecified atom stereocenters. The van der Waals surface area contributed by atoms with Crippen molar-refractivity contribution in [1.82, 2.24) is 0 Å². The number of nitrogens with one attached hydrogen (secondary N) is 1. The van der Waals surface area contributed by atoms with Crippen molar-refractivity contribution < 1.29 is 4.39 Å². The maximum Gasteiger partial charge on any atom is 0.129 e. The standard InChI is InChI=1S/C13H10BrFN2S/c1-8-11(15)4-9(6-16)5-12(8)17-7-10-2-3-13(14)18-10/h2-5,17H,7H2,1H3. The van der Waals surface area contributed by atoms with Gasteiger partial charge < -0.3 is 5.32 Å². The third kappa shape index (κ3) is 2.89. The first-order chi connectivity index (χ1) is 8.60. The van der Waals surface area contributed by atoms with Gasteiger partial charge in [-0.3, -0.25) is 0 Å². The molecule has 1 aromatic heterocycles. The van der Waals surface area contributed by atoms with Crippen LogP contribution in [0.3, 0.4) is 0 Å². The van der Waals surface area contributed by atoms with Crippen LogP contribution in [0.1, 0.15) is 16.0 Å². The highest BCUT2D eigenvalue weighted by atomic mass is 79.9. The topological polar surface area (TPSA) is 35.8 Å². The molecule has 0 bridgehead atoms. The van der Waals surface area contributed by atoms with Gasteiger partial charge in [0.2, 0.25) is 0 Å². The minimum absolute atomic E-state index is 0.327. The summed E-state index contributed by atoms with van der Waals surface area (Å²) in [5.74, 6) is -0.357. The molecule has 0 fully saturated rings. The first-order valence-electron chi connectivity index (χ1n) is 5.28. The first kappa shape index (κ1) is 13.1. The van der Waals surface area contributed by atoms with E-state index in [9.17, 15) is 4.39 Å². The van der Waals surface area contributed by atoms with Gasteiger partial charge in [0, 0.05) is 22.7 Å². The molecule has 18 heavy (non-hydrogen) atoms. The minimum atomic E-state index is -0.357. The highest BCUT2D eigenvalue weighted by molar-refractivity contribution is 9.11. The molecule has 0 saturated heterocycles. The lowest BCUT2D eigenvalue weighted by molar-refractivity contribution is 0.618. The fraction of sp³-hybridized carbons (Fsp3) is 0.154. The Morgan fingerprint density at radius 3 is 2.83 bits per heavy atom. The van der Waals surface area contributed by atoms with Crippen LogP contribution in [0.4, 0.5) is 10.1 Å². The predicted molar refractivity (Wildman–Crippen MR) is 75.2 cm³/mol. The average molecular weight is 325 g/mol. The molecule has 0 aliphatic rings. The summed E-state index contributed by atoms with van der Waals surface area (Å²) in [5.41, 5.74) is 1.52. The summed E-state index contributed by atoms with van der Waals surface area (Å²) in [4.78, 5) is 1.14. The Kier molecular flexibility index (Phi) is 4.00. The van der Waals surface area contributed by atoms with Crippen LogP contribution in [0.5, 0.6) is 0 Å². The molecule has 2 aromatic rings. The van der Waals surface area contributed by atoms with Crippen molar-refractivity contribution in [2.24, 2.45) is 0 Å². The van der Waals surface area contributed by atoms with Gasteiger partial charge >= 0.3 is 0 Å². The molecule has 0 atom stereocenters. The third-order valence-corrected chi connectivity index (χ3v) is 4.18. The van der Waals surface area contributed by atoms with Crippen molar-refractivity contribution in [3.63, 3.8) is 0 Å². The Morgan fingerprint density at radius 1 is 1.44 bits per heavy atom. The van der Waals surface area contributed by atoms with E-state index in [1.807, 2.05) is 18.2 Å². The van der Waals surface area contributed by atoms with Gasteiger partial charge in [0.05, 0.1) is 15.4 Å². The van der Waals surface area contributed by atoms with Crippen molar-refractivity contribution in [2.75, 3.05) is 5.32 Å². The second-order valence-electron chi connectivity index (χ2n) is 3.80. The summed E-state index contributed by atoms with van der Waals surface area (Å²) in [6.07, 6.45) is 0. The molecule has 0 amide bonds. The van der Waals surface area contributed by atoms with E-state index in [0.29, 0.717) is 23.4 Å². The molecule has 0 spiro atoms. The molecule has 1 N–H and O–H groups in total. The Balaban J connectivity index is 2.19. The lowest BCUT2D eigenvalue weighted by Gasteiger charge is -2.09. The zero-order valence-electron chi connectivity index (χ0n) is 9.63. The van der Waals surface area contributed by atoms with Gasteiger partial charge in [-0.25, -0.2) is 4.39 Å². The summed E-state index contributed by atoms with van der Waals surface area (Å²) >= 11 is 5.02. The van der Waals surface area contributed by atoms with Crippen LogP contribution >= 0.6 is 27.3 Å². The molecule has 1 heterocycles. The molecule has 0 saturated carbocycles. The second-order valence-corrected chi connectivity index (χ2v) is 6.35. The molecule has 1 aromatic carbocycles. The summed E-state index contributed by atoms with van der Waals surface area (Å²) < 4.78 is 14.6. The van der Waals surface area contributed by atoms with Crippen molar-refractivity contribution in [1.29, 1.82) is 5.26 Å². The van der Waals surface area contributed by atoms with Gasteiger partial charge in [0.25, 0.3) is 0 Å². The fourth-order valence-electron chi connectivity index (χ4n) is 1.56. The molecule has 2 rings (SSSR count). The quantitative estimate of drug-likeness (QED) is 0.905. The van der Waals surface area contributed by atoms with Gasteiger partial charge in [-0.15, -0.1) is 11.3 Å². The number of nitriles is 1. The highest BCUT2D eigenvalue weighted by Gasteiger charge is 2.07. The van der Waals surface area contributed by atoms with E-state index in [0.717, 1.165) is 8.66 Å². The maximum atomic E-state index is 13.6. The summed E-state index contributed by atoms with van der Waals surface area (Å²) in [7, 11) is 0. The lowest BCUT2D eigenvalue weighted by atomic mass is 10.1. The molecule has 0 aliphatic heterocycles. The van der Waals surface area contributed by atoms with Gasteiger partial charge in [-0.2, -0.15) is 5.26 Å². The van der Waals surface area contributed by atoms with E-state index < -0.39 is 0 Å². The van der Waals surface area contributed by atoms with Crippen LogP contribution in [0, 0.1) is 24.1 Å². The second kappa shape index (κ2) is 5.51. The van der Waals surface area contributed by atoms with Crippen LogP contribution < -0.4 is 5.32 Å². The van der Waals surface area contributed by atoms with Crippen LogP contribution in [0.15, 0.2) is 28.1 Å². The normalized spacial score (nSPS) is 10.1. The van der Waals surface area contributed by atoms with Crippen molar-refractivity contribution in [3.05, 3.63) is 49.9 Å². The zero-order chi connectivity index (χ0) is 13.1. The third-order valence-electron chi connectivity index (χ3n) is 2.56. The van der Waals surface area contributed by atoms with Crippen molar-refractivity contribution in [2.45, 2.75) is 13.5 Å². The average Bonchev–Trinajstić information content (AvgIpc) is 2.77. The predicted octanol–water partition coefficient (Wildman–Crippen LogP) is 4.44. The number of hydrogen-bond acceptors (Lipinski definition) is 3. The van der Waals surface area contributed by atoms with E-state index in [1.165, 1.54) is 6.07 Å². The Labute approximate surface area is 117 Å². The smallest absolute Gasteiger partial charge is 0.129 e. The monoisotopic (exact) mass is 324 g/mol. The number of hydrogen-bond donors (Lipinski definition) is 1. The number of benzene rings is 1. The van der Waals surface area contributed by atoms with Crippen molar-refractivity contribution in [3.8, 4) is 6.07 Å². The summed E-state index contributed by atoms with van der Waals surface area (Å²) in [6.45, 7) is 2.31. The molecular formula is C13H10BrFN2S. The molecule has 5 heteroatoms. The number of anilines is 1. The minimum Gasteiger partial charge on any atom is -0.380 e. The fourth-order valence-corrected chi connectivity index (χ4v) is 2.98. The SMILES string of the molecule is Cc1c(F)cc(C#N)cc1NCc1ccc(Br)s1. The van der Waals surface area contributed by atoms with E-state index in [4.69, 9.17) is 5.26 Å². The van der Waals surface area contributed by atoms with Crippen LogP contribution in [-0.2, 0) is 6.54 Å². The molecule has 0 radical (unpaired) electrons. The Hall–Kier alpha value is -1.38. The zero-order valence-corrected chi connectivity index (χ0v) is 12.0. The lowest BCUT2D eigenvalue weighted by Crippen LogP contribution is -2.01. The first-order valence-corrected chi connectivity index (χ1v) is 6.89. The number of rotatable bonds is 3. The summed E-state index contributed by atoms with van der Waals surface area (Å²) in [6, 6.07) is 8.85. The van der Waals surface area contributed by atoms with Gasteiger partial charge in [0.1, 0.15) is 5.82 Å². The largest absolute Gasteiger partial charge is 0.380 e. The van der Waals surface area contributed by atoms with Crippen LogP contribution in [0.2, 0.25) is 0 Å². The van der Waals surface area contributed by atoms with Gasteiger partial charge in [-0.05, 0) is 47.1 Å². The molecule has 2 nitrogen and oxygen atoms in total. The summed E-state index contributed by atoms with van der Waals surface area (Å²) in [5, 5.41) is 12.0. The van der Waals surface area contributed by atoms with Crippen LogP contribution in [0.25, 0.3) is 0 Å². The highest BCUT2D eigenvalue weighted by Crippen LogP contribution is 2.25.